The molecule has 0 radical (unpaired) electrons. The number of hydrogen-bond donors (Lipinski definition) is 3. The molecule has 0 fully saturated rings. The summed E-state index contributed by atoms with van der Waals surface area (Å²) in [5.74, 6) is -1.45. The third kappa shape index (κ3) is 3.37. The number of nitrogens with zero attached hydrogens (tertiary/aromatic N) is 1. The number of amides is 1. The van der Waals surface area contributed by atoms with Gasteiger partial charge in [0.15, 0.2) is 6.04 Å². The topological polar surface area (TPSA) is 94.4 Å². The number of benzene rings is 2. The molecule has 6 nitrogen and oxygen atoms in total. The van der Waals surface area contributed by atoms with Gasteiger partial charge in [0.1, 0.15) is 11.6 Å². The molecule has 1 amide bonds. The van der Waals surface area contributed by atoms with Crippen LogP contribution in [0.5, 0.6) is 0 Å². The monoisotopic (exact) mass is 352 g/mol. The predicted octanol–water partition coefficient (Wildman–Crippen LogP) is 3.54. The van der Waals surface area contributed by atoms with Crippen molar-refractivity contribution in [2.45, 2.75) is 18.9 Å². The third-order valence-electron chi connectivity index (χ3n) is 4.20. The quantitative estimate of drug-likeness (QED) is 0.567. The van der Waals surface area contributed by atoms with E-state index in [1.165, 1.54) is 24.3 Å². The maximum atomic E-state index is 13.3. The summed E-state index contributed by atoms with van der Waals surface area (Å²) in [5.41, 5.74) is 1.87. The summed E-state index contributed by atoms with van der Waals surface area (Å²) in [7, 11) is 0. The highest BCUT2D eigenvalue weighted by Gasteiger charge is 2.40. The minimum Gasteiger partial charge on any atom is -0.341 e. The van der Waals surface area contributed by atoms with Crippen LogP contribution in [-0.4, -0.2) is 17.7 Å². The second-order valence-corrected chi connectivity index (χ2v) is 5.97. The number of hydrogen-bond acceptors (Lipinski definition) is 5. The van der Waals surface area contributed by atoms with Crippen LogP contribution in [0.4, 0.5) is 10.1 Å². The minimum absolute atomic E-state index is 0.173. The fraction of sp³-hybridized carbons (Fsp3) is 0.158. The van der Waals surface area contributed by atoms with Gasteiger partial charge in [0.05, 0.1) is 0 Å². The summed E-state index contributed by atoms with van der Waals surface area (Å²) in [4.78, 5) is 23.8. The van der Waals surface area contributed by atoms with E-state index < -0.39 is 23.7 Å². The van der Waals surface area contributed by atoms with Gasteiger partial charge in [-0.2, -0.15) is 0 Å². The van der Waals surface area contributed by atoms with Crippen LogP contribution in [0, 0.1) is 16.1 Å². The molecule has 1 aliphatic rings. The lowest BCUT2D eigenvalue weighted by Crippen LogP contribution is -2.46. The Morgan fingerprint density at radius 2 is 1.81 bits per heavy atom. The van der Waals surface area contributed by atoms with E-state index >= 15 is 0 Å². The Hall–Kier alpha value is -3.35. The number of para-hydroxylation sites is 1. The van der Waals surface area contributed by atoms with Crippen LogP contribution < -0.4 is 10.6 Å². The van der Waals surface area contributed by atoms with E-state index in [4.69, 9.17) is 5.41 Å². The summed E-state index contributed by atoms with van der Waals surface area (Å²) >= 11 is 0. The van der Waals surface area contributed by atoms with E-state index in [0.29, 0.717) is 17.0 Å². The first-order chi connectivity index (χ1) is 12.5. The normalized spacial score (nSPS) is 19.7. The van der Waals surface area contributed by atoms with Crippen LogP contribution in [0.15, 0.2) is 71.2 Å². The molecular formula is C19H17FN4O2. The zero-order valence-corrected chi connectivity index (χ0v) is 14.0. The zero-order valence-electron chi connectivity index (χ0n) is 14.0. The van der Waals surface area contributed by atoms with Crippen molar-refractivity contribution in [3.05, 3.63) is 82.3 Å². The average molecular weight is 352 g/mol. The molecule has 1 aliphatic heterocycles. The van der Waals surface area contributed by atoms with Gasteiger partial charge in [0.25, 0.3) is 5.91 Å². The van der Waals surface area contributed by atoms with Gasteiger partial charge in [-0.3, -0.25) is 4.79 Å². The first kappa shape index (κ1) is 17.5. The molecule has 26 heavy (non-hydrogen) atoms. The van der Waals surface area contributed by atoms with E-state index in [0.717, 1.165) is 5.69 Å². The smallest absolute Gasteiger partial charge is 0.254 e. The Bertz CT molecular complexity index is 878. The van der Waals surface area contributed by atoms with E-state index in [9.17, 15) is 14.1 Å². The van der Waals surface area contributed by atoms with Crippen LogP contribution in [0.1, 0.15) is 18.4 Å². The summed E-state index contributed by atoms with van der Waals surface area (Å²) in [5, 5.41) is 16.9. The molecule has 0 saturated carbocycles. The average Bonchev–Trinajstić information content (AvgIpc) is 2.62. The zero-order chi connectivity index (χ0) is 18.7. The number of rotatable bonds is 5. The van der Waals surface area contributed by atoms with Crippen LogP contribution in [-0.2, 0) is 4.79 Å². The molecule has 2 atom stereocenters. The maximum absolute atomic E-state index is 13.3. The molecule has 0 spiro atoms. The van der Waals surface area contributed by atoms with Crippen molar-refractivity contribution in [1.82, 2.24) is 5.32 Å². The molecular weight excluding hydrogens is 335 g/mol. The van der Waals surface area contributed by atoms with Gasteiger partial charge in [-0.25, -0.2) is 4.39 Å². The number of anilines is 1. The molecule has 0 unspecified atom stereocenters. The van der Waals surface area contributed by atoms with Gasteiger partial charge in [-0.15, -0.1) is 4.91 Å². The van der Waals surface area contributed by atoms with Crippen molar-refractivity contribution >= 4 is 17.3 Å². The highest BCUT2D eigenvalue weighted by molar-refractivity contribution is 6.03. The van der Waals surface area contributed by atoms with Gasteiger partial charge in [0.2, 0.25) is 0 Å². The van der Waals surface area contributed by atoms with Crippen molar-refractivity contribution in [2.75, 3.05) is 5.32 Å². The molecule has 0 aliphatic carbocycles. The van der Waals surface area contributed by atoms with E-state index in [1.54, 1.807) is 6.92 Å². The largest absolute Gasteiger partial charge is 0.341 e. The predicted molar refractivity (Wildman–Crippen MR) is 97.4 cm³/mol. The number of nitroso groups, excluding NO2 is 1. The van der Waals surface area contributed by atoms with Crippen molar-refractivity contribution in [3.63, 3.8) is 0 Å². The number of nitrogens with one attached hydrogen (secondary N) is 3. The van der Waals surface area contributed by atoms with Crippen LogP contribution >= 0.6 is 0 Å². The number of carbonyl (C=O) groups is 1. The Morgan fingerprint density at radius 1 is 1.15 bits per heavy atom. The Kier molecular flexibility index (Phi) is 4.88. The van der Waals surface area contributed by atoms with Crippen LogP contribution in [0.3, 0.4) is 0 Å². The summed E-state index contributed by atoms with van der Waals surface area (Å²) in [6.07, 6.45) is 0. The first-order valence-corrected chi connectivity index (χ1v) is 8.02. The molecule has 3 rings (SSSR count). The van der Waals surface area contributed by atoms with Gasteiger partial charge in [0, 0.05) is 22.9 Å². The third-order valence-corrected chi connectivity index (χ3v) is 4.20. The van der Waals surface area contributed by atoms with Gasteiger partial charge in [-0.1, -0.05) is 35.5 Å². The lowest BCUT2D eigenvalue weighted by molar-refractivity contribution is -0.122. The van der Waals surface area contributed by atoms with E-state index in [2.05, 4.69) is 15.8 Å². The Labute approximate surface area is 149 Å². The Morgan fingerprint density at radius 3 is 2.38 bits per heavy atom. The molecule has 2 aromatic carbocycles. The SMILES string of the molecule is CC(=N)C1=C(Nc2ccccc2)NC(=O)[C@@H](N=O)[C@H]1c1ccc(F)cc1. The minimum atomic E-state index is -1.24. The molecule has 1 heterocycles. The lowest BCUT2D eigenvalue weighted by atomic mass is 9.80. The molecule has 132 valence electrons. The maximum Gasteiger partial charge on any atom is 0.254 e. The van der Waals surface area contributed by atoms with E-state index in [1.807, 2.05) is 30.3 Å². The fourth-order valence-corrected chi connectivity index (χ4v) is 3.04. The van der Waals surface area contributed by atoms with Gasteiger partial charge in [-0.05, 0) is 36.8 Å². The molecule has 0 bridgehead atoms. The highest BCUT2D eigenvalue weighted by atomic mass is 19.1. The van der Waals surface area contributed by atoms with Gasteiger partial charge >= 0.3 is 0 Å². The molecule has 2 aromatic rings. The summed E-state index contributed by atoms with van der Waals surface area (Å²) in [6.45, 7) is 1.57. The van der Waals surface area contributed by atoms with Crippen molar-refractivity contribution in [1.29, 1.82) is 5.41 Å². The number of carbonyl (C=O) groups excluding carboxylic acids is 1. The summed E-state index contributed by atoms with van der Waals surface area (Å²) in [6, 6.07) is 13.4. The van der Waals surface area contributed by atoms with Crippen molar-refractivity contribution in [2.24, 2.45) is 5.18 Å². The molecule has 7 heteroatoms. The molecule has 0 aromatic heterocycles. The summed E-state index contributed by atoms with van der Waals surface area (Å²) < 4.78 is 13.3. The molecule has 0 saturated heterocycles. The Balaban J connectivity index is 2.13. The lowest BCUT2D eigenvalue weighted by Gasteiger charge is -2.32. The van der Waals surface area contributed by atoms with Crippen molar-refractivity contribution < 1.29 is 9.18 Å². The van der Waals surface area contributed by atoms with Crippen LogP contribution in [0.2, 0.25) is 0 Å². The standard InChI is InChI=1S/C19H17FN4O2/c1-11(21)15-16(12-7-9-13(20)10-8-12)17(24-26)19(25)23-18(15)22-14-5-3-2-4-6-14/h2-10,16-17,21-22H,1H3,(H,23,25)/t16-,17-/m0/s1. The van der Waals surface area contributed by atoms with E-state index in [-0.39, 0.29) is 5.71 Å². The number of halogens is 1. The second kappa shape index (κ2) is 7.26. The first-order valence-electron chi connectivity index (χ1n) is 8.02. The fourth-order valence-electron chi connectivity index (χ4n) is 3.04. The van der Waals surface area contributed by atoms with Crippen molar-refractivity contribution in [3.8, 4) is 0 Å². The van der Waals surface area contributed by atoms with Gasteiger partial charge < -0.3 is 16.0 Å². The van der Waals surface area contributed by atoms with Crippen LogP contribution in [0.25, 0.3) is 0 Å². The highest BCUT2D eigenvalue weighted by Crippen LogP contribution is 2.35. The second-order valence-electron chi connectivity index (χ2n) is 5.97. The molecule has 3 N–H and O–H groups in total.